The molecule has 0 radical (unpaired) electrons. The van der Waals surface area contributed by atoms with Crippen LogP contribution < -0.4 is 10.6 Å². The van der Waals surface area contributed by atoms with Crippen LogP contribution in [0.15, 0.2) is 12.4 Å². The van der Waals surface area contributed by atoms with E-state index in [1.54, 1.807) is 6.20 Å². The van der Waals surface area contributed by atoms with Gasteiger partial charge in [0, 0.05) is 18.9 Å². The van der Waals surface area contributed by atoms with Gasteiger partial charge in [-0.1, -0.05) is 13.8 Å². The molecule has 0 aromatic carbocycles. The molecule has 2 amide bonds. The predicted molar refractivity (Wildman–Crippen MR) is 90.1 cm³/mol. The van der Waals surface area contributed by atoms with E-state index in [1.807, 2.05) is 20.0 Å². The second-order valence-corrected chi connectivity index (χ2v) is 7.94. The number of nitrogens with zero attached hydrogens (tertiary/aromatic N) is 2. The molecule has 0 spiro atoms. The molecular formula is C17H30N4O2. The molecule has 0 unspecified atom stereocenters. The predicted octanol–water partition coefficient (Wildman–Crippen LogP) is 2.68. The fourth-order valence-corrected chi connectivity index (χ4v) is 3.22. The van der Waals surface area contributed by atoms with Crippen LogP contribution in [0.3, 0.4) is 0 Å². The van der Waals surface area contributed by atoms with Crippen LogP contribution >= 0.6 is 0 Å². The summed E-state index contributed by atoms with van der Waals surface area (Å²) in [4.78, 5) is 16.5. The molecule has 1 fully saturated rings. The Hall–Kier alpha value is -1.56. The summed E-state index contributed by atoms with van der Waals surface area (Å²) < 4.78 is 8.08. The summed E-state index contributed by atoms with van der Waals surface area (Å²) in [6, 6.07) is -0.184. The van der Waals surface area contributed by atoms with Crippen LogP contribution in [-0.2, 0) is 17.8 Å². The van der Waals surface area contributed by atoms with Gasteiger partial charge >= 0.3 is 6.03 Å². The van der Waals surface area contributed by atoms with E-state index in [1.165, 1.54) is 0 Å². The Bertz CT molecular complexity index is 549. The van der Waals surface area contributed by atoms with Gasteiger partial charge in [-0.05, 0) is 40.0 Å². The van der Waals surface area contributed by atoms with Crippen molar-refractivity contribution in [1.82, 2.24) is 20.2 Å². The average molecular weight is 322 g/mol. The maximum absolute atomic E-state index is 12.2. The van der Waals surface area contributed by atoms with E-state index in [0.29, 0.717) is 12.5 Å². The summed E-state index contributed by atoms with van der Waals surface area (Å²) in [5.74, 6) is 1.41. The molecule has 6 nitrogen and oxygen atoms in total. The van der Waals surface area contributed by atoms with E-state index < -0.39 is 0 Å². The molecule has 6 heteroatoms. The Morgan fingerprint density at radius 1 is 1.43 bits per heavy atom. The highest BCUT2D eigenvalue weighted by molar-refractivity contribution is 5.74. The molecule has 1 saturated heterocycles. The van der Waals surface area contributed by atoms with Gasteiger partial charge < -0.3 is 19.9 Å². The zero-order chi connectivity index (χ0) is 17.3. The second-order valence-electron chi connectivity index (χ2n) is 7.94. The van der Waals surface area contributed by atoms with Gasteiger partial charge in [-0.3, -0.25) is 0 Å². The Kier molecular flexibility index (Phi) is 5.04. The summed E-state index contributed by atoms with van der Waals surface area (Å²) in [6.45, 7) is 13.8. The molecule has 1 aliphatic heterocycles. The van der Waals surface area contributed by atoms with E-state index in [4.69, 9.17) is 4.74 Å². The molecule has 130 valence electrons. The third kappa shape index (κ3) is 4.70. The van der Waals surface area contributed by atoms with Crippen LogP contribution in [0.4, 0.5) is 4.79 Å². The monoisotopic (exact) mass is 322 g/mol. The molecular weight excluding hydrogens is 292 g/mol. The van der Waals surface area contributed by atoms with Crippen molar-refractivity contribution in [3.63, 3.8) is 0 Å². The minimum Gasteiger partial charge on any atom is -0.367 e. The van der Waals surface area contributed by atoms with Crippen LogP contribution in [0.1, 0.15) is 53.8 Å². The van der Waals surface area contributed by atoms with Crippen molar-refractivity contribution >= 4 is 6.03 Å². The molecule has 0 saturated carbocycles. The fraction of sp³-hybridized carbons (Fsp3) is 0.765. The summed E-state index contributed by atoms with van der Waals surface area (Å²) in [7, 11) is 0. The number of aromatic nitrogens is 2. The van der Waals surface area contributed by atoms with Gasteiger partial charge in [-0.25, -0.2) is 9.78 Å². The number of carbonyl (C=O) groups excluding carboxylic acids is 1. The number of carbonyl (C=O) groups is 1. The molecule has 0 bridgehead atoms. The first-order chi connectivity index (χ1) is 10.6. The van der Waals surface area contributed by atoms with Crippen molar-refractivity contribution in [3.8, 4) is 0 Å². The highest BCUT2D eigenvalue weighted by Crippen LogP contribution is 2.37. The van der Waals surface area contributed by atoms with Crippen molar-refractivity contribution in [2.75, 3.05) is 0 Å². The first kappa shape index (κ1) is 17.8. The largest absolute Gasteiger partial charge is 0.367 e. The van der Waals surface area contributed by atoms with E-state index in [2.05, 4.69) is 47.9 Å². The Morgan fingerprint density at radius 2 is 2.13 bits per heavy atom. The lowest BCUT2D eigenvalue weighted by molar-refractivity contribution is -0.0690. The number of urea groups is 1. The van der Waals surface area contributed by atoms with E-state index >= 15 is 0 Å². The van der Waals surface area contributed by atoms with Gasteiger partial charge in [-0.15, -0.1) is 0 Å². The van der Waals surface area contributed by atoms with Crippen molar-refractivity contribution in [2.24, 2.45) is 5.92 Å². The quantitative estimate of drug-likeness (QED) is 0.876. The molecule has 2 heterocycles. The molecule has 2 N–H and O–H groups in total. The summed E-state index contributed by atoms with van der Waals surface area (Å²) in [5.41, 5.74) is -0.577. The minimum absolute atomic E-state index is 0.00657. The van der Waals surface area contributed by atoms with Crippen molar-refractivity contribution < 1.29 is 9.53 Å². The van der Waals surface area contributed by atoms with Gasteiger partial charge in [0.05, 0.1) is 23.8 Å². The molecule has 2 rings (SSSR count). The van der Waals surface area contributed by atoms with Crippen LogP contribution in [0.2, 0.25) is 0 Å². The third-order valence-electron chi connectivity index (χ3n) is 4.15. The molecule has 1 aliphatic rings. The summed E-state index contributed by atoms with van der Waals surface area (Å²) in [5, 5.41) is 5.94. The van der Waals surface area contributed by atoms with Gasteiger partial charge in [0.2, 0.25) is 0 Å². The zero-order valence-electron chi connectivity index (χ0n) is 15.1. The van der Waals surface area contributed by atoms with Crippen LogP contribution in [-0.4, -0.2) is 32.8 Å². The maximum atomic E-state index is 12.2. The van der Waals surface area contributed by atoms with Crippen LogP contribution in [0, 0.1) is 5.92 Å². The Labute approximate surface area is 139 Å². The van der Waals surface area contributed by atoms with Gasteiger partial charge in [0.1, 0.15) is 5.82 Å². The molecule has 23 heavy (non-hydrogen) atoms. The third-order valence-corrected chi connectivity index (χ3v) is 4.15. The molecule has 0 aliphatic carbocycles. The normalized spacial score (nSPS) is 22.3. The number of nitrogens with one attached hydrogen (secondary N) is 2. The summed E-state index contributed by atoms with van der Waals surface area (Å²) >= 11 is 0. The highest BCUT2D eigenvalue weighted by atomic mass is 16.5. The van der Waals surface area contributed by atoms with Gasteiger partial charge in [0.15, 0.2) is 0 Å². The topological polar surface area (TPSA) is 68.2 Å². The van der Waals surface area contributed by atoms with Crippen LogP contribution in [0.25, 0.3) is 0 Å². The van der Waals surface area contributed by atoms with Crippen molar-refractivity contribution in [1.29, 1.82) is 0 Å². The fourth-order valence-electron chi connectivity index (χ4n) is 3.22. The standard InChI is InChI=1S/C17H30N4O2/c1-12(2)11-21-8-7-18-14(21)10-19-15(22)20-13-9-16(3,4)23-17(13,5)6/h7-8,12-13H,9-11H2,1-6H3,(H2,19,20,22)/t13-/m0/s1. The maximum Gasteiger partial charge on any atom is 0.315 e. The van der Waals surface area contributed by atoms with E-state index in [-0.39, 0.29) is 23.3 Å². The Morgan fingerprint density at radius 3 is 2.70 bits per heavy atom. The summed E-state index contributed by atoms with van der Waals surface area (Å²) in [6.07, 6.45) is 4.52. The van der Waals surface area contributed by atoms with Gasteiger partial charge in [0.25, 0.3) is 0 Å². The van der Waals surface area contributed by atoms with Crippen molar-refractivity contribution in [3.05, 3.63) is 18.2 Å². The van der Waals surface area contributed by atoms with Crippen molar-refractivity contribution in [2.45, 2.75) is 78.3 Å². The lowest BCUT2D eigenvalue weighted by Gasteiger charge is -2.27. The van der Waals surface area contributed by atoms with Crippen LogP contribution in [0.5, 0.6) is 0 Å². The molecule has 1 aromatic rings. The minimum atomic E-state index is -0.364. The first-order valence-corrected chi connectivity index (χ1v) is 8.33. The number of ether oxygens (including phenoxy) is 1. The van der Waals surface area contributed by atoms with E-state index in [0.717, 1.165) is 18.8 Å². The van der Waals surface area contributed by atoms with Gasteiger partial charge in [-0.2, -0.15) is 0 Å². The lowest BCUT2D eigenvalue weighted by atomic mass is 9.95. The zero-order valence-corrected chi connectivity index (χ0v) is 15.1. The SMILES string of the molecule is CC(C)Cn1ccnc1CNC(=O)N[C@H]1CC(C)(C)OC1(C)C. The number of hydrogen-bond donors (Lipinski definition) is 2. The first-order valence-electron chi connectivity index (χ1n) is 8.33. The second kappa shape index (κ2) is 6.51. The van der Waals surface area contributed by atoms with E-state index in [9.17, 15) is 4.79 Å². The number of amides is 2. The molecule has 1 aromatic heterocycles. The lowest BCUT2D eigenvalue weighted by Crippen LogP contribution is -2.49. The molecule has 1 atom stereocenters. The smallest absolute Gasteiger partial charge is 0.315 e. The highest BCUT2D eigenvalue weighted by Gasteiger charge is 2.46. The Balaban J connectivity index is 1.88. The number of rotatable bonds is 5. The number of hydrogen-bond acceptors (Lipinski definition) is 3. The number of imidazole rings is 1. The average Bonchev–Trinajstić information content (AvgIpc) is 2.88.